The molecule has 0 saturated heterocycles. The number of halogens is 3. The Morgan fingerprint density at radius 2 is 2.05 bits per heavy atom. The van der Waals surface area contributed by atoms with Gasteiger partial charge < -0.3 is 0 Å². The number of ketones is 1. The lowest BCUT2D eigenvalue weighted by Gasteiger charge is -2.06. The Bertz CT molecular complexity index is 640. The van der Waals surface area contributed by atoms with E-state index in [0.717, 1.165) is 10.0 Å². The summed E-state index contributed by atoms with van der Waals surface area (Å²) in [6, 6.07) is 10.1. The van der Waals surface area contributed by atoms with Crippen LogP contribution >= 0.6 is 27.5 Å². The van der Waals surface area contributed by atoms with Crippen LogP contribution in [0.5, 0.6) is 0 Å². The molecule has 0 atom stereocenters. The third-order valence-corrected chi connectivity index (χ3v) is 3.76. The summed E-state index contributed by atoms with van der Waals surface area (Å²) in [7, 11) is 0. The topological polar surface area (TPSA) is 17.1 Å². The van der Waals surface area contributed by atoms with E-state index in [2.05, 4.69) is 15.9 Å². The Morgan fingerprint density at radius 1 is 1.32 bits per heavy atom. The van der Waals surface area contributed by atoms with Crippen LogP contribution in [0.25, 0.3) is 0 Å². The van der Waals surface area contributed by atoms with Crippen molar-refractivity contribution in [2.45, 2.75) is 13.3 Å². The average Bonchev–Trinajstić information content (AvgIpc) is 2.34. The summed E-state index contributed by atoms with van der Waals surface area (Å²) in [6.45, 7) is 1.94. The number of Topliss-reactive ketones (excluding diaryl/α,β-unsaturated/α-hetero) is 1. The van der Waals surface area contributed by atoms with Crippen LogP contribution in [0, 0.1) is 12.7 Å². The molecule has 0 fully saturated rings. The zero-order valence-electron chi connectivity index (χ0n) is 10.2. The van der Waals surface area contributed by atoms with E-state index in [1.807, 2.05) is 19.1 Å². The molecule has 0 radical (unpaired) electrons. The van der Waals surface area contributed by atoms with Gasteiger partial charge in [0.05, 0.1) is 5.02 Å². The van der Waals surface area contributed by atoms with Gasteiger partial charge in [-0.15, -0.1) is 0 Å². The van der Waals surface area contributed by atoms with Gasteiger partial charge in [0.1, 0.15) is 5.82 Å². The Morgan fingerprint density at radius 3 is 2.74 bits per heavy atom. The molecule has 0 unspecified atom stereocenters. The van der Waals surface area contributed by atoms with Crippen molar-refractivity contribution >= 4 is 33.3 Å². The first-order valence-electron chi connectivity index (χ1n) is 5.71. The molecule has 4 heteroatoms. The second-order valence-corrected chi connectivity index (χ2v) is 5.56. The quantitative estimate of drug-likeness (QED) is 0.720. The molecule has 0 heterocycles. The lowest BCUT2D eigenvalue weighted by Crippen LogP contribution is -2.06. The Labute approximate surface area is 124 Å². The molecule has 0 aliphatic heterocycles. The van der Waals surface area contributed by atoms with E-state index in [1.54, 1.807) is 18.2 Å². The molecule has 0 aromatic heterocycles. The van der Waals surface area contributed by atoms with Crippen molar-refractivity contribution in [3.05, 3.63) is 68.4 Å². The number of carbonyl (C=O) groups is 1. The van der Waals surface area contributed by atoms with Gasteiger partial charge >= 0.3 is 0 Å². The fourth-order valence-corrected chi connectivity index (χ4v) is 2.71. The summed E-state index contributed by atoms with van der Waals surface area (Å²) in [6.07, 6.45) is -0.00590. The number of aryl methyl sites for hydroxylation is 1. The predicted octanol–water partition coefficient (Wildman–Crippen LogP) is 4.98. The summed E-state index contributed by atoms with van der Waals surface area (Å²) < 4.78 is 14.5. The maximum absolute atomic E-state index is 13.7. The van der Waals surface area contributed by atoms with E-state index in [9.17, 15) is 9.18 Å². The number of carbonyl (C=O) groups excluding carboxylic acids is 1. The van der Waals surface area contributed by atoms with Gasteiger partial charge in [0.2, 0.25) is 0 Å². The highest BCUT2D eigenvalue weighted by Gasteiger charge is 2.14. The number of rotatable bonds is 3. The van der Waals surface area contributed by atoms with Gasteiger partial charge in [-0.3, -0.25) is 4.79 Å². The van der Waals surface area contributed by atoms with Crippen molar-refractivity contribution in [2.24, 2.45) is 0 Å². The minimum atomic E-state index is -0.527. The summed E-state index contributed by atoms with van der Waals surface area (Å²) in [4.78, 5) is 12.2. The van der Waals surface area contributed by atoms with Crippen LogP contribution in [-0.4, -0.2) is 5.78 Å². The second kappa shape index (κ2) is 5.85. The first-order valence-corrected chi connectivity index (χ1v) is 6.88. The average molecular weight is 342 g/mol. The van der Waals surface area contributed by atoms with Gasteiger partial charge in [-0.05, 0) is 36.2 Å². The Hall–Kier alpha value is -1.19. The first kappa shape index (κ1) is 14.2. The molecule has 0 amide bonds. The second-order valence-electron chi connectivity index (χ2n) is 4.30. The van der Waals surface area contributed by atoms with Crippen LogP contribution in [-0.2, 0) is 6.42 Å². The van der Waals surface area contributed by atoms with Gasteiger partial charge in [-0.25, -0.2) is 4.39 Å². The highest BCUT2D eigenvalue weighted by molar-refractivity contribution is 9.10. The smallest absolute Gasteiger partial charge is 0.168 e. The lowest BCUT2D eigenvalue weighted by molar-refractivity contribution is 0.0991. The maximum Gasteiger partial charge on any atom is 0.168 e. The van der Waals surface area contributed by atoms with Crippen molar-refractivity contribution in [2.75, 3.05) is 0 Å². The van der Waals surface area contributed by atoms with Gasteiger partial charge in [-0.1, -0.05) is 45.7 Å². The molecule has 2 rings (SSSR count). The SMILES string of the molecule is Cc1ccc(C(=O)Cc2cccc(Cl)c2F)c(Br)c1. The van der Waals surface area contributed by atoms with Crippen LogP contribution in [0.15, 0.2) is 40.9 Å². The van der Waals surface area contributed by atoms with Gasteiger partial charge in [0.15, 0.2) is 5.78 Å². The van der Waals surface area contributed by atoms with Gasteiger partial charge in [0.25, 0.3) is 0 Å². The van der Waals surface area contributed by atoms with Gasteiger partial charge in [-0.2, -0.15) is 0 Å². The van der Waals surface area contributed by atoms with E-state index in [1.165, 1.54) is 6.07 Å². The predicted molar refractivity (Wildman–Crippen MR) is 78.3 cm³/mol. The third kappa shape index (κ3) is 3.23. The van der Waals surface area contributed by atoms with Crippen LogP contribution in [0.4, 0.5) is 4.39 Å². The minimum Gasteiger partial charge on any atom is -0.294 e. The fourth-order valence-electron chi connectivity index (χ4n) is 1.80. The van der Waals surface area contributed by atoms with E-state index >= 15 is 0 Å². The van der Waals surface area contributed by atoms with E-state index in [0.29, 0.717) is 11.1 Å². The van der Waals surface area contributed by atoms with Crippen molar-refractivity contribution in [3.63, 3.8) is 0 Å². The summed E-state index contributed by atoms with van der Waals surface area (Å²) in [5.41, 5.74) is 1.91. The Balaban J connectivity index is 2.28. The lowest BCUT2D eigenvalue weighted by atomic mass is 10.0. The van der Waals surface area contributed by atoms with Gasteiger partial charge in [0, 0.05) is 16.5 Å². The monoisotopic (exact) mass is 340 g/mol. The molecule has 0 saturated carbocycles. The molecule has 0 spiro atoms. The van der Waals surface area contributed by atoms with Crippen molar-refractivity contribution in [3.8, 4) is 0 Å². The molecular weight excluding hydrogens is 331 g/mol. The van der Waals surface area contributed by atoms with E-state index in [4.69, 9.17) is 11.6 Å². The standard InChI is InChI=1S/C15H11BrClFO/c1-9-5-6-11(12(16)7-9)14(19)8-10-3-2-4-13(17)15(10)18/h2-7H,8H2,1H3. The van der Waals surface area contributed by atoms with Crippen molar-refractivity contribution < 1.29 is 9.18 Å². The zero-order valence-corrected chi connectivity index (χ0v) is 12.6. The molecular formula is C15H11BrClFO. The van der Waals surface area contributed by atoms with E-state index < -0.39 is 5.82 Å². The molecule has 19 heavy (non-hydrogen) atoms. The van der Waals surface area contributed by atoms with Crippen LogP contribution in [0.1, 0.15) is 21.5 Å². The molecule has 0 N–H and O–H groups in total. The van der Waals surface area contributed by atoms with Crippen LogP contribution < -0.4 is 0 Å². The maximum atomic E-state index is 13.7. The highest BCUT2D eigenvalue weighted by Crippen LogP contribution is 2.23. The molecule has 2 aromatic carbocycles. The number of benzene rings is 2. The molecule has 2 aromatic rings. The van der Waals surface area contributed by atoms with Crippen LogP contribution in [0.2, 0.25) is 5.02 Å². The zero-order chi connectivity index (χ0) is 14.0. The Kier molecular flexibility index (Phi) is 4.38. The number of hydrogen-bond acceptors (Lipinski definition) is 1. The normalized spacial score (nSPS) is 10.5. The fraction of sp³-hybridized carbons (Fsp3) is 0.133. The molecule has 1 nitrogen and oxygen atoms in total. The highest BCUT2D eigenvalue weighted by atomic mass is 79.9. The molecule has 0 bridgehead atoms. The van der Waals surface area contributed by atoms with E-state index in [-0.39, 0.29) is 17.2 Å². The van der Waals surface area contributed by atoms with Crippen LogP contribution in [0.3, 0.4) is 0 Å². The summed E-state index contributed by atoms with van der Waals surface area (Å²) >= 11 is 9.05. The van der Waals surface area contributed by atoms with Crippen molar-refractivity contribution in [1.29, 1.82) is 0 Å². The molecule has 0 aliphatic rings. The molecule has 0 aliphatic carbocycles. The minimum absolute atomic E-state index is 0.00590. The first-order chi connectivity index (χ1) is 8.99. The largest absolute Gasteiger partial charge is 0.294 e. The molecule has 98 valence electrons. The third-order valence-electron chi connectivity index (χ3n) is 2.81. The number of hydrogen-bond donors (Lipinski definition) is 0. The van der Waals surface area contributed by atoms with Crippen molar-refractivity contribution in [1.82, 2.24) is 0 Å². The summed E-state index contributed by atoms with van der Waals surface area (Å²) in [5, 5.41) is 0.0354. The summed E-state index contributed by atoms with van der Waals surface area (Å²) in [5.74, 6) is -0.672.